The van der Waals surface area contributed by atoms with Gasteiger partial charge in [-0.3, -0.25) is 14.8 Å². The molecular weight excluding hydrogens is 154 g/mol. The maximum atomic E-state index is 10.4. The minimum absolute atomic E-state index is 0.307. The molecule has 0 fully saturated rings. The Labute approximate surface area is 70.8 Å². The second kappa shape index (κ2) is 3.80. The number of hydrogen-bond donors (Lipinski definition) is 1. The molecule has 0 spiro atoms. The molecule has 0 bridgehead atoms. The standard InChI is InChI=1S/C8H11N3O/c1-6-4-10-5-7(11-6)2-3-8(9)12/h4-5H,2-3H2,1H3,(H2,9,12). The van der Waals surface area contributed by atoms with Gasteiger partial charge in [0.15, 0.2) is 0 Å². The molecule has 0 aromatic carbocycles. The van der Waals surface area contributed by atoms with Crippen LogP contribution < -0.4 is 5.73 Å². The minimum Gasteiger partial charge on any atom is -0.370 e. The second-order valence-electron chi connectivity index (χ2n) is 2.62. The number of rotatable bonds is 3. The van der Waals surface area contributed by atoms with Crippen LogP contribution in [0.25, 0.3) is 0 Å². The number of aromatic nitrogens is 2. The number of primary amides is 1. The van der Waals surface area contributed by atoms with E-state index in [1.54, 1.807) is 12.4 Å². The lowest BCUT2D eigenvalue weighted by Gasteiger charge is -1.97. The van der Waals surface area contributed by atoms with Gasteiger partial charge in [-0.15, -0.1) is 0 Å². The van der Waals surface area contributed by atoms with E-state index in [9.17, 15) is 4.79 Å². The number of carbonyl (C=O) groups excluding carboxylic acids is 1. The summed E-state index contributed by atoms with van der Waals surface area (Å²) in [5.74, 6) is -0.307. The monoisotopic (exact) mass is 165 g/mol. The van der Waals surface area contributed by atoms with Crippen molar-refractivity contribution >= 4 is 5.91 Å². The molecule has 0 atom stereocenters. The van der Waals surface area contributed by atoms with E-state index in [2.05, 4.69) is 9.97 Å². The van der Waals surface area contributed by atoms with Gasteiger partial charge in [0.1, 0.15) is 0 Å². The van der Waals surface area contributed by atoms with Crippen molar-refractivity contribution in [3.8, 4) is 0 Å². The summed E-state index contributed by atoms with van der Waals surface area (Å²) in [5.41, 5.74) is 6.66. The van der Waals surface area contributed by atoms with E-state index in [0.717, 1.165) is 11.4 Å². The van der Waals surface area contributed by atoms with Crippen molar-refractivity contribution in [1.82, 2.24) is 9.97 Å². The van der Waals surface area contributed by atoms with Crippen LogP contribution in [0.4, 0.5) is 0 Å². The molecule has 0 saturated heterocycles. The molecule has 1 rings (SSSR count). The fourth-order valence-electron chi connectivity index (χ4n) is 0.887. The van der Waals surface area contributed by atoms with Gasteiger partial charge < -0.3 is 5.73 Å². The summed E-state index contributed by atoms with van der Waals surface area (Å²) in [7, 11) is 0. The fraction of sp³-hybridized carbons (Fsp3) is 0.375. The van der Waals surface area contributed by atoms with Gasteiger partial charge in [0.05, 0.1) is 11.4 Å². The molecule has 0 saturated carbocycles. The summed E-state index contributed by atoms with van der Waals surface area (Å²) >= 11 is 0. The summed E-state index contributed by atoms with van der Waals surface area (Å²) in [4.78, 5) is 18.6. The predicted octanol–water partition coefficient (Wildman–Crippen LogP) is 0.203. The van der Waals surface area contributed by atoms with Crippen LogP contribution in [0.2, 0.25) is 0 Å². The third-order valence-corrected chi connectivity index (χ3v) is 1.43. The van der Waals surface area contributed by atoms with Crippen LogP contribution in [0.5, 0.6) is 0 Å². The van der Waals surface area contributed by atoms with E-state index in [0.29, 0.717) is 12.8 Å². The molecule has 0 aliphatic rings. The van der Waals surface area contributed by atoms with Gasteiger partial charge in [-0.25, -0.2) is 0 Å². The molecular formula is C8H11N3O. The maximum absolute atomic E-state index is 10.4. The normalized spacial score (nSPS) is 9.75. The average Bonchev–Trinajstić information content (AvgIpc) is 2.01. The van der Waals surface area contributed by atoms with Crippen molar-refractivity contribution in [3.05, 3.63) is 23.8 Å². The van der Waals surface area contributed by atoms with Crippen molar-refractivity contribution in [2.24, 2.45) is 5.73 Å². The van der Waals surface area contributed by atoms with Gasteiger partial charge in [0.25, 0.3) is 0 Å². The highest BCUT2D eigenvalue weighted by molar-refractivity contribution is 5.73. The van der Waals surface area contributed by atoms with Crippen molar-refractivity contribution in [1.29, 1.82) is 0 Å². The SMILES string of the molecule is Cc1cncc(CCC(N)=O)n1. The van der Waals surface area contributed by atoms with E-state index in [-0.39, 0.29) is 5.91 Å². The zero-order valence-corrected chi connectivity index (χ0v) is 6.95. The van der Waals surface area contributed by atoms with Crippen LogP contribution in [0.15, 0.2) is 12.4 Å². The molecule has 1 heterocycles. The van der Waals surface area contributed by atoms with Crippen LogP contribution in [0.3, 0.4) is 0 Å². The summed E-state index contributed by atoms with van der Waals surface area (Å²) in [6.45, 7) is 1.86. The van der Waals surface area contributed by atoms with E-state index < -0.39 is 0 Å². The van der Waals surface area contributed by atoms with Crippen LogP contribution in [-0.2, 0) is 11.2 Å². The molecule has 4 nitrogen and oxygen atoms in total. The molecule has 2 N–H and O–H groups in total. The van der Waals surface area contributed by atoms with E-state index in [1.165, 1.54) is 0 Å². The Morgan fingerprint density at radius 3 is 2.92 bits per heavy atom. The van der Waals surface area contributed by atoms with Crippen molar-refractivity contribution in [2.75, 3.05) is 0 Å². The molecule has 1 amide bonds. The van der Waals surface area contributed by atoms with Crippen LogP contribution >= 0.6 is 0 Å². The van der Waals surface area contributed by atoms with Crippen molar-refractivity contribution in [3.63, 3.8) is 0 Å². The Balaban J connectivity index is 2.57. The number of hydrogen-bond acceptors (Lipinski definition) is 3. The number of nitrogens with zero attached hydrogens (tertiary/aromatic N) is 2. The lowest BCUT2D eigenvalue weighted by atomic mass is 10.2. The van der Waals surface area contributed by atoms with Gasteiger partial charge in [-0.1, -0.05) is 0 Å². The zero-order chi connectivity index (χ0) is 8.97. The van der Waals surface area contributed by atoms with Crippen molar-refractivity contribution < 1.29 is 4.79 Å². The van der Waals surface area contributed by atoms with Gasteiger partial charge >= 0.3 is 0 Å². The Hall–Kier alpha value is -1.45. The number of carbonyl (C=O) groups is 1. The molecule has 4 heteroatoms. The Kier molecular flexibility index (Phi) is 2.74. The first-order valence-corrected chi connectivity index (χ1v) is 3.74. The third kappa shape index (κ3) is 2.65. The van der Waals surface area contributed by atoms with Gasteiger partial charge in [0, 0.05) is 18.8 Å². The Bertz CT molecular complexity index is 285. The summed E-state index contributed by atoms with van der Waals surface area (Å²) < 4.78 is 0. The molecule has 1 aromatic heterocycles. The smallest absolute Gasteiger partial charge is 0.217 e. The van der Waals surface area contributed by atoms with Crippen LogP contribution in [-0.4, -0.2) is 15.9 Å². The molecule has 12 heavy (non-hydrogen) atoms. The minimum atomic E-state index is -0.307. The summed E-state index contributed by atoms with van der Waals surface area (Å²) in [6, 6.07) is 0. The first-order chi connectivity index (χ1) is 5.68. The molecule has 1 aromatic rings. The predicted molar refractivity (Wildman–Crippen MR) is 44.3 cm³/mol. The number of nitrogens with two attached hydrogens (primary N) is 1. The zero-order valence-electron chi connectivity index (χ0n) is 6.95. The van der Waals surface area contributed by atoms with E-state index >= 15 is 0 Å². The summed E-state index contributed by atoms with van der Waals surface area (Å²) in [6.07, 6.45) is 4.23. The Morgan fingerprint density at radius 2 is 2.33 bits per heavy atom. The third-order valence-electron chi connectivity index (χ3n) is 1.43. The van der Waals surface area contributed by atoms with Crippen LogP contribution in [0.1, 0.15) is 17.8 Å². The first-order valence-electron chi connectivity index (χ1n) is 3.74. The van der Waals surface area contributed by atoms with Crippen molar-refractivity contribution in [2.45, 2.75) is 19.8 Å². The van der Waals surface area contributed by atoms with Crippen LogP contribution in [0, 0.1) is 6.92 Å². The highest BCUT2D eigenvalue weighted by Crippen LogP contribution is 1.98. The first kappa shape index (κ1) is 8.64. The lowest BCUT2D eigenvalue weighted by molar-refractivity contribution is -0.118. The van der Waals surface area contributed by atoms with E-state index in [1.807, 2.05) is 6.92 Å². The fourth-order valence-corrected chi connectivity index (χ4v) is 0.887. The Morgan fingerprint density at radius 1 is 1.58 bits per heavy atom. The largest absolute Gasteiger partial charge is 0.370 e. The molecule has 0 unspecified atom stereocenters. The van der Waals surface area contributed by atoms with Gasteiger partial charge in [-0.2, -0.15) is 0 Å². The van der Waals surface area contributed by atoms with Gasteiger partial charge in [0.2, 0.25) is 5.91 Å². The lowest BCUT2D eigenvalue weighted by Crippen LogP contribution is -2.11. The van der Waals surface area contributed by atoms with Gasteiger partial charge in [-0.05, 0) is 13.3 Å². The number of amides is 1. The van der Waals surface area contributed by atoms with E-state index in [4.69, 9.17) is 5.73 Å². The molecule has 0 aliphatic heterocycles. The number of aryl methyl sites for hydroxylation is 2. The second-order valence-corrected chi connectivity index (χ2v) is 2.62. The highest BCUT2D eigenvalue weighted by atomic mass is 16.1. The molecule has 0 aliphatic carbocycles. The molecule has 64 valence electrons. The quantitative estimate of drug-likeness (QED) is 0.695. The average molecular weight is 165 g/mol. The highest BCUT2D eigenvalue weighted by Gasteiger charge is 1.98. The maximum Gasteiger partial charge on any atom is 0.217 e. The summed E-state index contributed by atoms with van der Waals surface area (Å²) in [5, 5.41) is 0. The molecule has 0 radical (unpaired) electrons. The topological polar surface area (TPSA) is 68.9 Å².